The lowest BCUT2D eigenvalue weighted by molar-refractivity contribution is 0.590. The molecule has 0 amide bonds. The van der Waals surface area contributed by atoms with Gasteiger partial charge in [-0.2, -0.15) is 0 Å². The second-order valence-corrected chi connectivity index (χ2v) is 7.50. The second-order valence-electron chi connectivity index (χ2n) is 5.82. The zero-order valence-electron chi connectivity index (χ0n) is 12.3. The third-order valence-corrected chi connectivity index (χ3v) is 4.40. The summed E-state index contributed by atoms with van der Waals surface area (Å²) in [6.45, 7) is 6.10. The summed E-state index contributed by atoms with van der Waals surface area (Å²) in [6.07, 6.45) is 1.25. The van der Waals surface area contributed by atoms with Crippen molar-refractivity contribution in [2.24, 2.45) is 0 Å². The number of pyridine rings is 1. The molecular formula is C15H19N3O2S. The van der Waals surface area contributed by atoms with Crippen LogP contribution in [-0.4, -0.2) is 13.4 Å². The van der Waals surface area contributed by atoms with Gasteiger partial charge in [-0.05, 0) is 29.2 Å². The van der Waals surface area contributed by atoms with Gasteiger partial charge in [0, 0.05) is 6.20 Å². The maximum Gasteiger partial charge on any atom is 0.263 e. The van der Waals surface area contributed by atoms with Crippen LogP contribution in [0.5, 0.6) is 0 Å². The van der Waals surface area contributed by atoms with E-state index in [2.05, 4.69) is 9.71 Å². The lowest BCUT2D eigenvalue weighted by Crippen LogP contribution is -2.19. The van der Waals surface area contributed by atoms with Crippen molar-refractivity contribution in [1.29, 1.82) is 0 Å². The highest BCUT2D eigenvalue weighted by atomic mass is 32.2. The number of nitrogens with two attached hydrogens (primary N) is 1. The van der Waals surface area contributed by atoms with Crippen LogP contribution in [0.15, 0.2) is 47.5 Å². The zero-order chi connectivity index (χ0) is 15.7. The van der Waals surface area contributed by atoms with Gasteiger partial charge < -0.3 is 5.73 Å². The van der Waals surface area contributed by atoms with Crippen molar-refractivity contribution in [1.82, 2.24) is 4.98 Å². The van der Waals surface area contributed by atoms with E-state index in [1.54, 1.807) is 12.1 Å². The smallest absolute Gasteiger partial charge is 0.263 e. The highest BCUT2D eigenvalue weighted by molar-refractivity contribution is 7.92. The predicted octanol–water partition coefficient (Wildman–Crippen LogP) is 2.76. The van der Waals surface area contributed by atoms with E-state index < -0.39 is 10.0 Å². The molecule has 0 spiro atoms. The van der Waals surface area contributed by atoms with E-state index >= 15 is 0 Å². The lowest BCUT2D eigenvalue weighted by Gasteiger charge is -2.23. The van der Waals surface area contributed by atoms with Crippen molar-refractivity contribution in [3.63, 3.8) is 0 Å². The van der Waals surface area contributed by atoms with Gasteiger partial charge in [0.15, 0.2) is 0 Å². The Balaban J connectivity index is 2.40. The van der Waals surface area contributed by atoms with Gasteiger partial charge in [-0.3, -0.25) is 4.72 Å². The standard InChI is InChI=1S/C15H19N3O2S/c1-15(2,3)12-6-4-5-7-13(12)18-21(19,20)11-8-9-14(16)17-10-11/h4-10,18H,1-3H3,(H2,16,17). The number of hydrogen-bond donors (Lipinski definition) is 2. The molecule has 0 aliphatic rings. The van der Waals surface area contributed by atoms with Crippen LogP contribution < -0.4 is 10.5 Å². The monoisotopic (exact) mass is 305 g/mol. The number of sulfonamides is 1. The number of nitrogens with zero attached hydrogens (tertiary/aromatic N) is 1. The van der Waals surface area contributed by atoms with Gasteiger partial charge in [0.05, 0.1) is 5.69 Å². The van der Waals surface area contributed by atoms with Gasteiger partial charge >= 0.3 is 0 Å². The summed E-state index contributed by atoms with van der Waals surface area (Å²) in [7, 11) is -3.68. The summed E-state index contributed by atoms with van der Waals surface area (Å²) in [5.41, 5.74) is 6.81. The van der Waals surface area contributed by atoms with Gasteiger partial charge in [0.1, 0.15) is 10.7 Å². The molecule has 0 unspecified atom stereocenters. The molecule has 0 aliphatic heterocycles. The molecule has 0 saturated carbocycles. The normalized spacial score (nSPS) is 12.1. The Hall–Kier alpha value is -2.08. The zero-order valence-corrected chi connectivity index (χ0v) is 13.1. The molecule has 0 fully saturated rings. The molecule has 3 N–H and O–H groups in total. The van der Waals surface area contributed by atoms with E-state index in [0.29, 0.717) is 5.69 Å². The summed E-state index contributed by atoms with van der Waals surface area (Å²) >= 11 is 0. The SMILES string of the molecule is CC(C)(C)c1ccccc1NS(=O)(=O)c1ccc(N)nc1. The van der Waals surface area contributed by atoms with Gasteiger partial charge in [-0.1, -0.05) is 39.0 Å². The minimum Gasteiger partial charge on any atom is -0.384 e. The number of benzene rings is 1. The Bertz CT molecular complexity index is 732. The molecule has 2 rings (SSSR count). The first-order valence-corrected chi connectivity index (χ1v) is 8.02. The van der Waals surface area contributed by atoms with Crippen LogP contribution >= 0.6 is 0 Å². The van der Waals surface area contributed by atoms with Gasteiger partial charge in [-0.15, -0.1) is 0 Å². The molecule has 0 atom stereocenters. The first kappa shape index (κ1) is 15.3. The average molecular weight is 305 g/mol. The lowest BCUT2D eigenvalue weighted by atomic mass is 9.86. The van der Waals surface area contributed by atoms with Crippen LogP contribution in [0.2, 0.25) is 0 Å². The Morgan fingerprint density at radius 2 is 1.76 bits per heavy atom. The molecule has 21 heavy (non-hydrogen) atoms. The van der Waals surface area contributed by atoms with E-state index in [1.165, 1.54) is 18.3 Å². The van der Waals surface area contributed by atoms with Crippen LogP contribution in [0.25, 0.3) is 0 Å². The molecule has 0 saturated heterocycles. The highest BCUT2D eigenvalue weighted by Gasteiger charge is 2.21. The Morgan fingerprint density at radius 3 is 2.33 bits per heavy atom. The predicted molar refractivity (Wildman–Crippen MR) is 84.6 cm³/mol. The van der Waals surface area contributed by atoms with Crippen LogP contribution in [0.4, 0.5) is 11.5 Å². The Morgan fingerprint density at radius 1 is 1.10 bits per heavy atom. The second kappa shape index (κ2) is 5.37. The van der Waals surface area contributed by atoms with Crippen molar-refractivity contribution in [2.45, 2.75) is 31.1 Å². The number of aromatic nitrogens is 1. The minimum atomic E-state index is -3.68. The number of nitrogens with one attached hydrogen (secondary N) is 1. The molecule has 1 aromatic carbocycles. The van der Waals surface area contributed by atoms with Crippen LogP contribution in [0, 0.1) is 0 Å². The maximum atomic E-state index is 12.4. The van der Waals surface area contributed by atoms with Crippen molar-refractivity contribution in [3.8, 4) is 0 Å². The van der Waals surface area contributed by atoms with E-state index in [-0.39, 0.29) is 16.1 Å². The molecule has 0 radical (unpaired) electrons. The Kier molecular flexibility index (Phi) is 3.91. The number of para-hydroxylation sites is 1. The molecule has 6 heteroatoms. The number of anilines is 2. The largest absolute Gasteiger partial charge is 0.384 e. The number of hydrogen-bond acceptors (Lipinski definition) is 4. The van der Waals surface area contributed by atoms with Crippen LogP contribution in [0.3, 0.4) is 0 Å². The van der Waals surface area contributed by atoms with Crippen LogP contribution in [0.1, 0.15) is 26.3 Å². The minimum absolute atomic E-state index is 0.0837. The fourth-order valence-corrected chi connectivity index (χ4v) is 3.00. The van der Waals surface area contributed by atoms with E-state index in [1.807, 2.05) is 32.9 Å². The molecule has 2 aromatic rings. The first-order valence-electron chi connectivity index (χ1n) is 6.54. The summed E-state index contributed by atoms with van der Waals surface area (Å²) < 4.78 is 27.4. The van der Waals surface area contributed by atoms with Crippen molar-refractivity contribution < 1.29 is 8.42 Å². The molecule has 5 nitrogen and oxygen atoms in total. The van der Waals surface area contributed by atoms with Crippen molar-refractivity contribution >= 4 is 21.5 Å². The molecule has 1 heterocycles. The topological polar surface area (TPSA) is 85.1 Å². The number of rotatable bonds is 3. The van der Waals surface area contributed by atoms with E-state index in [4.69, 9.17) is 5.73 Å². The van der Waals surface area contributed by atoms with E-state index in [9.17, 15) is 8.42 Å². The summed E-state index contributed by atoms with van der Waals surface area (Å²) in [6, 6.07) is 10.3. The quantitative estimate of drug-likeness (QED) is 0.913. The summed E-state index contributed by atoms with van der Waals surface area (Å²) in [5.74, 6) is 0.282. The Labute approximate surface area is 125 Å². The fraction of sp³-hybridized carbons (Fsp3) is 0.267. The summed E-state index contributed by atoms with van der Waals surface area (Å²) in [5, 5.41) is 0. The van der Waals surface area contributed by atoms with Gasteiger partial charge in [0.2, 0.25) is 0 Å². The summed E-state index contributed by atoms with van der Waals surface area (Å²) in [4.78, 5) is 3.90. The van der Waals surface area contributed by atoms with Gasteiger partial charge in [-0.25, -0.2) is 13.4 Å². The first-order chi connectivity index (χ1) is 9.70. The maximum absolute atomic E-state index is 12.4. The van der Waals surface area contributed by atoms with Crippen molar-refractivity contribution in [3.05, 3.63) is 48.2 Å². The highest BCUT2D eigenvalue weighted by Crippen LogP contribution is 2.30. The molecule has 1 aromatic heterocycles. The third kappa shape index (κ3) is 3.52. The molecule has 0 aliphatic carbocycles. The molecule has 0 bridgehead atoms. The third-order valence-electron chi connectivity index (χ3n) is 3.05. The molecular weight excluding hydrogens is 286 g/mol. The number of nitrogen functional groups attached to an aromatic ring is 1. The van der Waals surface area contributed by atoms with Gasteiger partial charge in [0.25, 0.3) is 10.0 Å². The fourth-order valence-electron chi connectivity index (χ4n) is 1.98. The van der Waals surface area contributed by atoms with Crippen molar-refractivity contribution in [2.75, 3.05) is 10.5 Å². The molecule has 112 valence electrons. The van der Waals surface area contributed by atoms with Crippen LogP contribution in [-0.2, 0) is 15.4 Å². The van der Waals surface area contributed by atoms with E-state index in [0.717, 1.165) is 5.56 Å². The average Bonchev–Trinajstić information content (AvgIpc) is 2.38.